The Hall–Kier alpha value is -2.08. The lowest BCUT2D eigenvalue weighted by atomic mass is 9.99. The van der Waals surface area contributed by atoms with E-state index in [1.807, 2.05) is 0 Å². The first kappa shape index (κ1) is 12.0. The molecule has 2 atom stereocenters. The standard InChI is InChI=1S/C13H14N2O4/c1-18-9-4-2-8(3-5-9)15-12(16)10-6-19-7-11(10)14-13(15)17/h2-5,10-11H,6-7H2,1H3,(H,14,17). The molecular formula is C13H14N2O4. The van der Waals surface area contributed by atoms with Crippen LogP contribution in [0.5, 0.6) is 5.75 Å². The molecule has 0 aliphatic carbocycles. The summed E-state index contributed by atoms with van der Waals surface area (Å²) in [5, 5.41) is 2.80. The van der Waals surface area contributed by atoms with Gasteiger partial charge in [0.15, 0.2) is 0 Å². The van der Waals surface area contributed by atoms with Crippen LogP contribution in [0.3, 0.4) is 0 Å². The zero-order valence-corrected chi connectivity index (χ0v) is 10.5. The number of carbonyl (C=O) groups excluding carboxylic acids is 2. The van der Waals surface area contributed by atoms with E-state index in [4.69, 9.17) is 9.47 Å². The van der Waals surface area contributed by atoms with Crippen LogP contribution in [0.2, 0.25) is 0 Å². The second-order valence-electron chi connectivity index (χ2n) is 4.57. The van der Waals surface area contributed by atoms with Crippen LogP contribution in [0.25, 0.3) is 0 Å². The van der Waals surface area contributed by atoms with Crippen molar-refractivity contribution in [3.63, 3.8) is 0 Å². The van der Waals surface area contributed by atoms with Gasteiger partial charge in [-0.2, -0.15) is 0 Å². The van der Waals surface area contributed by atoms with E-state index < -0.39 is 6.03 Å². The quantitative estimate of drug-likeness (QED) is 0.854. The maximum absolute atomic E-state index is 12.3. The third kappa shape index (κ3) is 1.94. The zero-order chi connectivity index (χ0) is 13.4. The first-order valence-electron chi connectivity index (χ1n) is 6.07. The van der Waals surface area contributed by atoms with Crippen LogP contribution in [-0.4, -0.2) is 38.3 Å². The minimum Gasteiger partial charge on any atom is -0.497 e. The molecule has 2 aliphatic heterocycles. The molecule has 1 aromatic rings. The maximum Gasteiger partial charge on any atom is 0.329 e. The van der Waals surface area contributed by atoms with E-state index in [0.717, 1.165) is 4.90 Å². The number of fused-ring (bicyclic) bond motifs is 1. The molecule has 6 nitrogen and oxygen atoms in total. The first-order valence-corrected chi connectivity index (χ1v) is 6.07. The van der Waals surface area contributed by atoms with Crippen molar-refractivity contribution in [1.29, 1.82) is 0 Å². The van der Waals surface area contributed by atoms with Gasteiger partial charge in [-0.25, -0.2) is 9.69 Å². The number of nitrogens with one attached hydrogen (secondary N) is 1. The van der Waals surface area contributed by atoms with Crippen molar-refractivity contribution in [3.05, 3.63) is 24.3 Å². The van der Waals surface area contributed by atoms with E-state index in [1.165, 1.54) is 0 Å². The van der Waals surface area contributed by atoms with Gasteiger partial charge in [0, 0.05) is 0 Å². The van der Waals surface area contributed by atoms with Crippen LogP contribution >= 0.6 is 0 Å². The minimum atomic E-state index is -0.401. The predicted molar refractivity (Wildman–Crippen MR) is 67.1 cm³/mol. The van der Waals surface area contributed by atoms with Gasteiger partial charge in [-0.05, 0) is 24.3 Å². The number of rotatable bonds is 2. The van der Waals surface area contributed by atoms with Crippen LogP contribution in [0.4, 0.5) is 10.5 Å². The molecule has 1 N–H and O–H groups in total. The summed E-state index contributed by atoms with van der Waals surface area (Å²) in [6.07, 6.45) is 0. The Morgan fingerprint density at radius 2 is 2.00 bits per heavy atom. The maximum atomic E-state index is 12.3. The Bertz CT molecular complexity index is 514. The topological polar surface area (TPSA) is 67.9 Å². The van der Waals surface area contributed by atoms with Gasteiger partial charge >= 0.3 is 6.03 Å². The van der Waals surface area contributed by atoms with Gasteiger partial charge in [-0.3, -0.25) is 4.79 Å². The highest BCUT2D eigenvalue weighted by Crippen LogP contribution is 2.27. The molecule has 0 saturated carbocycles. The normalized spacial score (nSPS) is 26.1. The summed E-state index contributed by atoms with van der Waals surface area (Å²) in [5.74, 6) is 0.173. The fraction of sp³-hybridized carbons (Fsp3) is 0.385. The van der Waals surface area contributed by atoms with Gasteiger partial charge in [-0.15, -0.1) is 0 Å². The number of carbonyl (C=O) groups is 2. The number of anilines is 1. The van der Waals surface area contributed by atoms with Crippen LogP contribution in [-0.2, 0) is 9.53 Å². The van der Waals surface area contributed by atoms with Crippen molar-refractivity contribution in [2.45, 2.75) is 6.04 Å². The monoisotopic (exact) mass is 262 g/mol. The van der Waals surface area contributed by atoms with Crippen LogP contribution in [0, 0.1) is 5.92 Å². The summed E-state index contributed by atoms with van der Waals surface area (Å²) in [6, 6.07) is 6.20. The number of nitrogens with zero attached hydrogens (tertiary/aromatic N) is 1. The molecule has 1 aromatic carbocycles. The van der Waals surface area contributed by atoms with Crippen molar-refractivity contribution in [2.24, 2.45) is 5.92 Å². The van der Waals surface area contributed by atoms with E-state index in [2.05, 4.69) is 5.32 Å². The SMILES string of the molecule is COc1ccc(N2C(=O)NC3COCC3C2=O)cc1. The second-order valence-corrected chi connectivity index (χ2v) is 4.57. The highest BCUT2D eigenvalue weighted by Gasteiger charge is 2.44. The van der Waals surface area contributed by atoms with Gasteiger partial charge in [0.25, 0.3) is 0 Å². The lowest BCUT2D eigenvalue weighted by molar-refractivity contribution is -0.122. The summed E-state index contributed by atoms with van der Waals surface area (Å²) >= 11 is 0. The summed E-state index contributed by atoms with van der Waals surface area (Å²) in [7, 11) is 1.56. The molecule has 2 aliphatic rings. The van der Waals surface area contributed by atoms with Gasteiger partial charge < -0.3 is 14.8 Å². The van der Waals surface area contributed by atoms with Crippen molar-refractivity contribution in [2.75, 3.05) is 25.2 Å². The number of hydrogen-bond donors (Lipinski definition) is 1. The van der Waals surface area contributed by atoms with E-state index in [0.29, 0.717) is 24.7 Å². The lowest BCUT2D eigenvalue weighted by Crippen LogP contribution is -2.59. The minimum absolute atomic E-state index is 0.200. The van der Waals surface area contributed by atoms with E-state index in [1.54, 1.807) is 31.4 Å². The van der Waals surface area contributed by atoms with Crippen LogP contribution in [0.15, 0.2) is 24.3 Å². The molecule has 0 aromatic heterocycles. The number of urea groups is 1. The third-order valence-electron chi connectivity index (χ3n) is 3.46. The Morgan fingerprint density at radius 3 is 2.68 bits per heavy atom. The summed E-state index contributed by atoms with van der Waals surface area (Å²) in [5.41, 5.74) is 0.536. The molecule has 2 heterocycles. The van der Waals surface area contributed by atoms with Crippen molar-refractivity contribution in [3.8, 4) is 5.75 Å². The molecule has 19 heavy (non-hydrogen) atoms. The number of hydrogen-bond acceptors (Lipinski definition) is 4. The van der Waals surface area contributed by atoms with Crippen LogP contribution in [0.1, 0.15) is 0 Å². The highest BCUT2D eigenvalue weighted by molar-refractivity contribution is 6.17. The zero-order valence-electron chi connectivity index (χ0n) is 10.5. The molecule has 2 unspecified atom stereocenters. The van der Waals surface area contributed by atoms with Crippen LogP contribution < -0.4 is 15.0 Å². The molecule has 3 rings (SSSR count). The largest absolute Gasteiger partial charge is 0.497 e. The molecule has 100 valence electrons. The molecular weight excluding hydrogens is 248 g/mol. The Kier molecular flexibility index (Phi) is 2.87. The fourth-order valence-corrected chi connectivity index (χ4v) is 2.40. The molecule has 0 radical (unpaired) electrons. The number of imide groups is 1. The van der Waals surface area contributed by atoms with Gasteiger partial charge in [0.2, 0.25) is 5.91 Å². The van der Waals surface area contributed by atoms with E-state index >= 15 is 0 Å². The summed E-state index contributed by atoms with van der Waals surface area (Å²) < 4.78 is 10.3. The van der Waals surface area contributed by atoms with Gasteiger partial charge in [-0.1, -0.05) is 0 Å². The summed E-state index contributed by atoms with van der Waals surface area (Å²) in [6.45, 7) is 0.759. The average molecular weight is 262 g/mol. The Morgan fingerprint density at radius 1 is 1.26 bits per heavy atom. The third-order valence-corrected chi connectivity index (χ3v) is 3.46. The van der Waals surface area contributed by atoms with Crippen molar-refractivity contribution in [1.82, 2.24) is 5.32 Å². The van der Waals surface area contributed by atoms with Crippen molar-refractivity contribution >= 4 is 17.6 Å². The number of benzene rings is 1. The molecule has 2 saturated heterocycles. The second kappa shape index (κ2) is 4.55. The lowest BCUT2D eigenvalue weighted by Gasteiger charge is -2.32. The predicted octanol–water partition coefficient (Wildman–Crippen LogP) is 0.766. The van der Waals surface area contributed by atoms with Gasteiger partial charge in [0.05, 0.1) is 38.0 Å². The number of ether oxygens (including phenoxy) is 2. The molecule has 2 fully saturated rings. The molecule has 3 amide bonds. The summed E-state index contributed by atoms with van der Waals surface area (Å²) in [4.78, 5) is 25.5. The Balaban J connectivity index is 1.89. The average Bonchev–Trinajstić information content (AvgIpc) is 2.88. The van der Waals surface area contributed by atoms with E-state index in [-0.39, 0.29) is 17.9 Å². The van der Waals surface area contributed by atoms with E-state index in [9.17, 15) is 9.59 Å². The fourth-order valence-electron chi connectivity index (χ4n) is 2.40. The smallest absolute Gasteiger partial charge is 0.329 e. The molecule has 0 bridgehead atoms. The van der Waals surface area contributed by atoms with Gasteiger partial charge in [0.1, 0.15) is 5.75 Å². The molecule has 6 heteroatoms. The highest BCUT2D eigenvalue weighted by atomic mass is 16.5. The number of amides is 3. The first-order chi connectivity index (χ1) is 9.20. The number of methoxy groups -OCH3 is 1. The Labute approximate surface area is 110 Å². The molecule has 0 spiro atoms. The van der Waals surface area contributed by atoms with Crippen molar-refractivity contribution < 1.29 is 19.1 Å².